The number of nitrogens with two attached hydrogens (primary N) is 1. The molecule has 0 rings (SSSR count). The van der Waals surface area contributed by atoms with Gasteiger partial charge in [0.05, 0.1) is 15.9 Å². The Morgan fingerprint density at radius 1 is 1.55 bits per heavy atom. The molecule has 2 N–H and O–H groups in total. The van der Waals surface area contributed by atoms with Gasteiger partial charge in [0.1, 0.15) is 0 Å². The van der Waals surface area contributed by atoms with Gasteiger partial charge in [-0.05, 0) is 0 Å². The number of rotatable bonds is 4. The molecule has 0 bridgehead atoms. The van der Waals surface area contributed by atoms with Gasteiger partial charge >= 0.3 is 29.6 Å². The van der Waals surface area contributed by atoms with E-state index < -0.39 is 15.9 Å². The van der Waals surface area contributed by atoms with Crippen LogP contribution in [0.5, 0.6) is 0 Å². The topological polar surface area (TPSA) is 86.5 Å². The summed E-state index contributed by atoms with van der Waals surface area (Å²) in [5, 5.41) is 1.27. The molecule has 0 heterocycles. The monoisotopic (exact) mass is 190 g/mol. The summed E-state index contributed by atoms with van der Waals surface area (Å²) in [6.07, 6.45) is 0. The number of nitrogens with zero attached hydrogens (tertiary/aromatic N) is 1. The van der Waals surface area contributed by atoms with Gasteiger partial charge in [-0.15, -0.1) is 0 Å². The quantitative estimate of drug-likeness (QED) is 0.210. The second-order valence-electron chi connectivity index (χ2n) is 1.89. The summed E-state index contributed by atoms with van der Waals surface area (Å²) in [4.78, 5) is 0. The fraction of sp³-hybridized carbons (Fsp3) is 1.00. The first-order valence-corrected chi connectivity index (χ1v) is 4.46. The minimum absolute atomic E-state index is 0. The standard InChI is InChI=1S/C4H12N2O3S.Na/c1-2-6(5)3-4-10(7,8)9;/h2-5H2,1H3,(H,7,8,9);/q;+1/p-1. The maximum Gasteiger partial charge on any atom is 1.00 e. The van der Waals surface area contributed by atoms with E-state index >= 15 is 0 Å². The van der Waals surface area contributed by atoms with Crippen LogP contribution in [0.3, 0.4) is 0 Å². The molecule has 0 aliphatic carbocycles. The molecule has 0 fully saturated rings. The van der Waals surface area contributed by atoms with Gasteiger partial charge in [0.15, 0.2) is 0 Å². The molecule has 0 unspecified atom stereocenters. The van der Waals surface area contributed by atoms with Crippen LogP contribution in [0.15, 0.2) is 0 Å². The van der Waals surface area contributed by atoms with Crippen molar-refractivity contribution in [1.29, 1.82) is 0 Å². The summed E-state index contributed by atoms with van der Waals surface area (Å²) in [5.41, 5.74) is 0. The van der Waals surface area contributed by atoms with Crippen molar-refractivity contribution in [2.45, 2.75) is 6.92 Å². The van der Waals surface area contributed by atoms with E-state index in [0.717, 1.165) is 0 Å². The fourth-order valence-electron chi connectivity index (χ4n) is 0.387. The zero-order valence-corrected chi connectivity index (χ0v) is 9.60. The summed E-state index contributed by atoms with van der Waals surface area (Å²) in [6.45, 7) is 2.41. The Morgan fingerprint density at radius 3 is 2.27 bits per heavy atom. The smallest absolute Gasteiger partial charge is 0.748 e. The summed E-state index contributed by atoms with van der Waals surface area (Å²) >= 11 is 0. The first-order chi connectivity index (χ1) is 4.45. The zero-order chi connectivity index (χ0) is 8.20. The molecule has 0 amide bonds. The Bertz CT molecular complexity index is 182. The summed E-state index contributed by atoms with van der Waals surface area (Å²) in [5.74, 6) is 4.79. The Morgan fingerprint density at radius 2 is 2.00 bits per heavy atom. The maximum absolute atomic E-state index is 10.0. The predicted molar refractivity (Wildman–Crippen MR) is 36.0 cm³/mol. The van der Waals surface area contributed by atoms with E-state index in [-0.39, 0.29) is 36.1 Å². The van der Waals surface area contributed by atoms with Crippen molar-refractivity contribution in [3.8, 4) is 0 Å². The largest absolute Gasteiger partial charge is 1.00 e. The van der Waals surface area contributed by atoms with Gasteiger partial charge in [-0.2, -0.15) is 0 Å². The molecule has 0 radical (unpaired) electrons. The molecule has 0 saturated heterocycles. The fourth-order valence-corrected chi connectivity index (χ4v) is 0.845. The average Bonchev–Trinajstić information content (AvgIpc) is 1.81. The molecule has 11 heavy (non-hydrogen) atoms. The molecule has 0 aromatic carbocycles. The van der Waals surface area contributed by atoms with Crippen molar-refractivity contribution in [3.63, 3.8) is 0 Å². The summed E-state index contributed by atoms with van der Waals surface area (Å²) in [7, 11) is -4.10. The van der Waals surface area contributed by atoms with Gasteiger partial charge in [-0.1, -0.05) is 6.92 Å². The van der Waals surface area contributed by atoms with Crippen LogP contribution in [0, 0.1) is 0 Å². The van der Waals surface area contributed by atoms with Crippen molar-refractivity contribution < 1.29 is 42.5 Å². The van der Waals surface area contributed by atoms with Crippen LogP contribution in [0.2, 0.25) is 0 Å². The molecule has 0 spiro atoms. The Balaban J connectivity index is 0. The molecular weight excluding hydrogens is 179 g/mol. The molecular formula is C4H11N2NaO3S. The van der Waals surface area contributed by atoms with Gasteiger partial charge in [-0.3, -0.25) is 5.84 Å². The molecule has 0 aliphatic rings. The first kappa shape index (κ1) is 14.4. The van der Waals surface area contributed by atoms with E-state index in [1.54, 1.807) is 6.92 Å². The molecule has 5 nitrogen and oxygen atoms in total. The van der Waals surface area contributed by atoms with Crippen LogP contribution in [0.4, 0.5) is 0 Å². The van der Waals surface area contributed by atoms with Gasteiger partial charge in [0, 0.05) is 13.1 Å². The normalized spacial score (nSPS) is 11.3. The third kappa shape index (κ3) is 10.8. The first-order valence-electron chi connectivity index (χ1n) is 2.89. The second kappa shape index (κ2) is 6.36. The minimum Gasteiger partial charge on any atom is -0.748 e. The molecule has 0 aromatic rings. The van der Waals surface area contributed by atoms with Crippen LogP contribution < -0.4 is 35.4 Å². The molecule has 62 valence electrons. The molecule has 0 saturated carbocycles. The van der Waals surface area contributed by atoms with Crippen molar-refractivity contribution in [2.24, 2.45) is 5.84 Å². The van der Waals surface area contributed by atoms with E-state index in [4.69, 9.17) is 5.84 Å². The van der Waals surface area contributed by atoms with Crippen molar-refractivity contribution in [3.05, 3.63) is 0 Å². The van der Waals surface area contributed by atoms with E-state index in [1.165, 1.54) is 5.01 Å². The van der Waals surface area contributed by atoms with E-state index in [0.29, 0.717) is 6.54 Å². The van der Waals surface area contributed by atoms with Crippen molar-refractivity contribution in [2.75, 3.05) is 18.8 Å². The van der Waals surface area contributed by atoms with E-state index in [1.807, 2.05) is 0 Å². The number of hydrogen-bond donors (Lipinski definition) is 1. The van der Waals surface area contributed by atoms with Crippen LogP contribution in [-0.2, 0) is 10.1 Å². The summed E-state index contributed by atoms with van der Waals surface area (Å²) < 4.78 is 30.0. The maximum atomic E-state index is 10.0. The number of hydrazine groups is 1. The van der Waals surface area contributed by atoms with Crippen molar-refractivity contribution >= 4 is 10.1 Å². The minimum atomic E-state index is -4.10. The third-order valence-corrected chi connectivity index (χ3v) is 1.72. The van der Waals surface area contributed by atoms with Gasteiger partial charge in [0.2, 0.25) is 0 Å². The third-order valence-electron chi connectivity index (χ3n) is 1.03. The van der Waals surface area contributed by atoms with Crippen LogP contribution in [0.1, 0.15) is 6.92 Å². The number of hydrogen-bond acceptors (Lipinski definition) is 5. The molecule has 0 atom stereocenters. The molecule has 7 heteroatoms. The SMILES string of the molecule is CCN(N)CCS(=O)(=O)[O-].[Na+]. The van der Waals surface area contributed by atoms with Crippen LogP contribution >= 0.6 is 0 Å². The Kier molecular flexibility index (Phi) is 8.30. The van der Waals surface area contributed by atoms with Crippen LogP contribution in [-0.4, -0.2) is 36.8 Å². The van der Waals surface area contributed by atoms with E-state index in [9.17, 15) is 13.0 Å². The molecule has 0 aromatic heterocycles. The Labute approximate surface area is 88.9 Å². The molecule has 0 aliphatic heterocycles. The predicted octanol–water partition coefficient (Wildman–Crippen LogP) is -4.27. The van der Waals surface area contributed by atoms with E-state index in [2.05, 4.69) is 0 Å². The van der Waals surface area contributed by atoms with Crippen molar-refractivity contribution in [1.82, 2.24) is 5.01 Å². The van der Waals surface area contributed by atoms with Crippen LogP contribution in [0.25, 0.3) is 0 Å². The Hall–Kier alpha value is 0.830. The summed E-state index contributed by atoms with van der Waals surface area (Å²) in [6, 6.07) is 0. The van der Waals surface area contributed by atoms with Gasteiger partial charge < -0.3 is 4.55 Å². The van der Waals surface area contributed by atoms with Gasteiger partial charge in [-0.25, -0.2) is 13.4 Å². The second-order valence-corrected chi connectivity index (χ2v) is 3.41. The zero-order valence-electron chi connectivity index (χ0n) is 6.78. The average molecular weight is 190 g/mol. The van der Waals surface area contributed by atoms with Gasteiger partial charge in [0.25, 0.3) is 0 Å².